The summed E-state index contributed by atoms with van der Waals surface area (Å²) in [5, 5.41) is 0. The van der Waals surface area contributed by atoms with Gasteiger partial charge in [-0.3, -0.25) is 4.99 Å². The minimum atomic E-state index is 1.16. The van der Waals surface area contributed by atoms with Crippen LogP contribution in [0.2, 0.25) is 0 Å². The fourth-order valence-electron chi connectivity index (χ4n) is 0.173. The summed E-state index contributed by atoms with van der Waals surface area (Å²) in [7, 11) is 1.63. The van der Waals surface area contributed by atoms with Crippen LogP contribution in [0.5, 0.6) is 0 Å². The van der Waals surface area contributed by atoms with Gasteiger partial charge in [-0.25, -0.2) is 9.98 Å². The summed E-state index contributed by atoms with van der Waals surface area (Å²) in [6.45, 7) is 0. The van der Waals surface area contributed by atoms with Gasteiger partial charge >= 0.3 is 0 Å². The average Bonchev–Trinajstić information content (AvgIpc) is 1.81. The lowest BCUT2D eigenvalue weighted by Crippen LogP contribution is -1.87. The molecule has 0 saturated heterocycles. The largest absolute Gasteiger partial charge is 0.390 e. The first-order valence-corrected chi connectivity index (χ1v) is 2.07. The van der Waals surface area contributed by atoms with Crippen molar-refractivity contribution in [2.75, 3.05) is 7.05 Å². The standard InChI is InChI=1S/C4H8N4/c1-6-3-8-4-7-2-5/h2-4H,1H3,(H2,5,6,7,8). The highest BCUT2D eigenvalue weighted by molar-refractivity contribution is 5.76. The Morgan fingerprint density at radius 2 is 2.00 bits per heavy atom. The third kappa shape index (κ3) is 4.81. The summed E-state index contributed by atoms with van der Waals surface area (Å²) >= 11 is 0. The fourth-order valence-corrected chi connectivity index (χ4v) is 0.173. The lowest BCUT2D eigenvalue weighted by atomic mass is 11.1. The van der Waals surface area contributed by atoms with Gasteiger partial charge in [-0.2, -0.15) is 0 Å². The molecular weight excluding hydrogens is 104 g/mol. The second-order valence-electron chi connectivity index (χ2n) is 0.936. The highest BCUT2D eigenvalue weighted by Gasteiger charge is 1.56. The van der Waals surface area contributed by atoms with Gasteiger partial charge < -0.3 is 5.73 Å². The lowest BCUT2D eigenvalue weighted by molar-refractivity contribution is 1.44. The van der Waals surface area contributed by atoms with Crippen LogP contribution in [-0.4, -0.2) is 26.1 Å². The minimum absolute atomic E-state index is 1.16. The number of aliphatic imine (C=N–C) groups is 3. The van der Waals surface area contributed by atoms with E-state index in [1.54, 1.807) is 7.05 Å². The molecule has 0 unspecified atom stereocenters. The first kappa shape index (κ1) is 6.81. The summed E-state index contributed by atoms with van der Waals surface area (Å²) in [5.41, 5.74) is 4.88. The maximum absolute atomic E-state index is 4.88. The molecule has 0 fully saturated rings. The van der Waals surface area contributed by atoms with Crippen LogP contribution in [0.4, 0.5) is 0 Å². The van der Waals surface area contributed by atoms with Crippen LogP contribution < -0.4 is 5.73 Å². The molecule has 0 aliphatic carbocycles. The van der Waals surface area contributed by atoms with Crippen molar-refractivity contribution in [3.63, 3.8) is 0 Å². The highest BCUT2D eigenvalue weighted by atomic mass is 14.9. The molecule has 0 saturated carbocycles. The zero-order valence-electron chi connectivity index (χ0n) is 4.65. The highest BCUT2D eigenvalue weighted by Crippen LogP contribution is 1.57. The third-order valence-electron chi connectivity index (χ3n) is 0.402. The molecule has 0 aliphatic rings. The zero-order chi connectivity index (χ0) is 6.24. The van der Waals surface area contributed by atoms with Crippen molar-refractivity contribution in [3.8, 4) is 0 Å². The van der Waals surface area contributed by atoms with Crippen molar-refractivity contribution in [2.24, 2.45) is 20.7 Å². The van der Waals surface area contributed by atoms with E-state index in [0.717, 1.165) is 6.34 Å². The smallest absolute Gasteiger partial charge is 0.118 e. The Balaban J connectivity index is 3.35. The zero-order valence-corrected chi connectivity index (χ0v) is 4.65. The summed E-state index contributed by atoms with van der Waals surface area (Å²) < 4.78 is 0. The van der Waals surface area contributed by atoms with E-state index in [0.29, 0.717) is 0 Å². The van der Waals surface area contributed by atoms with Crippen LogP contribution in [0.15, 0.2) is 15.0 Å². The first-order valence-electron chi connectivity index (χ1n) is 2.07. The molecule has 2 N–H and O–H groups in total. The molecule has 0 amide bonds. The van der Waals surface area contributed by atoms with Gasteiger partial charge in [0.25, 0.3) is 0 Å². The molecule has 4 nitrogen and oxygen atoms in total. The van der Waals surface area contributed by atoms with E-state index in [2.05, 4.69) is 15.0 Å². The Kier molecular flexibility index (Phi) is 4.95. The van der Waals surface area contributed by atoms with E-state index in [1.807, 2.05) is 0 Å². The van der Waals surface area contributed by atoms with Crippen LogP contribution in [0.1, 0.15) is 0 Å². The Bertz CT molecular complexity index is 99.2. The van der Waals surface area contributed by atoms with Gasteiger partial charge in [0, 0.05) is 7.05 Å². The van der Waals surface area contributed by atoms with Gasteiger partial charge in [-0.1, -0.05) is 0 Å². The Hall–Kier alpha value is -1.19. The number of hydrogen-bond acceptors (Lipinski definition) is 1. The topological polar surface area (TPSA) is 63.1 Å². The molecule has 0 atom stereocenters. The van der Waals surface area contributed by atoms with Crippen molar-refractivity contribution < 1.29 is 0 Å². The second kappa shape index (κ2) is 5.81. The predicted octanol–water partition coefficient (Wildman–Crippen LogP) is -0.340. The average molecular weight is 112 g/mol. The molecule has 0 aromatic carbocycles. The predicted molar refractivity (Wildman–Crippen MR) is 35.6 cm³/mol. The third-order valence-corrected chi connectivity index (χ3v) is 0.402. The molecule has 8 heavy (non-hydrogen) atoms. The molecule has 0 aromatic heterocycles. The van der Waals surface area contributed by atoms with Crippen molar-refractivity contribution in [2.45, 2.75) is 0 Å². The van der Waals surface area contributed by atoms with Crippen LogP contribution in [-0.2, 0) is 0 Å². The fraction of sp³-hybridized carbons (Fsp3) is 0.250. The Labute approximate surface area is 47.9 Å². The van der Waals surface area contributed by atoms with Crippen molar-refractivity contribution in [3.05, 3.63) is 0 Å². The van der Waals surface area contributed by atoms with E-state index >= 15 is 0 Å². The van der Waals surface area contributed by atoms with Crippen molar-refractivity contribution >= 4 is 19.0 Å². The van der Waals surface area contributed by atoms with Crippen LogP contribution in [0, 0.1) is 0 Å². The first-order chi connectivity index (χ1) is 3.91. The molecule has 0 aliphatic heterocycles. The quantitative estimate of drug-likeness (QED) is 0.385. The SMILES string of the molecule is CN=CN=CN=CN. The van der Waals surface area contributed by atoms with Gasteiger partial charge in [0.05, 0.1) is 6.34 Å². The molecule has 0 radical (unpaired) electrons. The molecule has 0 spiro atoms. The van der Waals surface area contributed by atoms with E-state index in [1.165, 1.54) is 12.7 Å². The van der Waals surface area contributed by atoms with E-state index < -0.39 is 0 Å². The van der Waals surface area contributed by atoms with E-state index in [9.17, 15) is 0 Å². The van der Waals surface area contributed by atoms with Crippen molar-refractivity contribution in [1.82, 2.24) is 0 Å². The van der Waals surface area contributed by atoms with Gasteiger partial charge in [0.2, 0.25) is 0 Å². The Morgan fingerprint density at radius 3 is 2.50 bits per heavy atom. The van der Waals surface area contributed by atoms with Crippen LogP contribution >= 0.6 is 0 Å². The lowest BCUT2D eigenvalue weighted by Gasteiger charge is -1.69. The molecule has 44 valence electrons. The van der Waals surface area contributed by atoms with Gasteiger partial charge in [-0.05, 0) is 0 Å². The summed E-state index contributed by atoms with van der Waals surface area (Å²) in [5.74, 6) is 0. The molecule has 0 rings (SSSR count). The van der Waals surface area contributed by atoms with Crippen LogP contribution in [0.3, 0.4) is 0 Å². The number of nitrogens with zero attached hydrogens (tertiary/aromatic N) is 3. The number of hydrogen-bond donors (Lipinski definition) is 1. The number of rotatable bonds is 2. The summed E-state index contributed by atoms with van der Waals surface area (Å²) in [6, 6.07) is 0. The van der Waals surface area contributed by atoms with Gasteiger partial charge in [-0.15, -0.1) is 0 Å². The van der Waals surface area contributed by atoms with Gasteiger partial charge in [0.15, 0.2) is 0 Å². The molecule has 4 heteroatoms. The maximum atomic E-state index is 4.88. The number of nitrogens with two attached hydrogens (primary N) is 1. The molecule has 0 heterocycles. The van der Waals surface area contributed by atoms with E-state index in [4.69, 9.17) is 5.73 Å². The second-order valence-corrected chi connectivity index (χ2v) is 0.936. The summed E-state index contributed by atoms with van der Waals surface area (Å²) in [6.07, 6.45) is 3.85. The summed E-state index contributed by atoms with van der Waals surface area (Å²) in [4.78, 5) is 10.6. The van der Waals surface area contributed by atoms with Gasteiger partial charge in [0.1, 0.15) is 12.7 Å². The minimum Gasteiger partial charge on any atom is -0.390 e. The Morgan fingerprint density at radius 1 is 1.25 bits per heavy atom. The maximum Gasteiger partial charge on any atom is 0.118 e. The molecular formula is C4H8N4. The molecule has 0 bridgehead atoms. The van der Waals surface area contributed by atoms with Crippen molar-refractivity contribution in [1.29, 1.82) is 0 Å². The normalized spacial score (nSPS) is 12.6. The van der Waals surface area contributed by atoms with E-state index in [-0.39, 0.29) is 0 Å². The monoisotopic (exact) mass is 112 g/mol. The molecule has 0 aromatic rings. The van der Waals surface area contributed by atoms with Crippen LogP contribution in [0.25, 0.3) is 0 Å².